The van der Waals surface area contributed by atoms with Crippen molar-refractivity contribution in [2.75, 3.05) is 6.61 Å². The van der Waals surface area contributed by atoms with Crippen molar-refractivity contribution in [3.05, 3.63) is 46.8 Å². The third-order valence-electron chi connectivity index (χ3n) is 2.92. The Morgan fingerprint density at radius 2 is 2.26 bits per heavy atom. The molecule has 0 aliphatic carbocycles. The molecular formula is C14H11BrN2O2. The first-order valence-electron chi connectivity index (χ1n) is 5.92. The summed E-state index contributed by atoms with van der Waals surface area (Å²) in [7, 11) is 0. The van der Waals surface area contributed by atoms with Crippen molar-refractivity contribution < 1.29 is 9.53 Å². The average Bonchev–Trinajstić information content (AvgIpc) is 2.83. The highest BCUT2D eigenvalue weighted by atomic mass is 79.9. The van der Waals surface area contributed by atoms with Gasteiger partial charge in [-0.05, 0) is 31.2 Å². The predicted octanol–water partition coefficient (Wildman–Crippen LogP) is 3.43. The van der Waals surface area contributed by atoms with Crippen LogP contribution in [0.4, 0.5) is 0 Å². The smallest absolute Gasteiger partial charge is 0.339 e. The quantitative estimate of drug-likeness (QED) is 0.680. The Kier molecular flexibility index (Phi) is 2.98. The number of carbonyl (C=O) groups is 1. The van der Waals surface area contributed by atoms with Crippen LogP contribution < -0.4 is 0 Å². The Morgan fingerprint density at radius 3 is 3.05 bits per heavy atom. The molecule has 0 bridgehead atoms. The Labute approximate surface area is 118 Å². The van der Waals surface area contributed by atoms with Crippen LogP contribution in [0.3, 0.4) is 0 Å². The van der Waals surface area contributed by atoms with E-state index < -0.39 is 0 Å². The number of benzene rings is 1. The summed E-state index contributed by atoms with van der Waals surface area (Å²) >= 11 is 3.45. The lowest BCUT2D eigenvalue weighted by Gasteiger charge is -2.00. The number of hydrogen-bond donors (Lipinski definition) is 0. The van der Waals surface area contributed by atoms with Crippen LogP contribution in [0.2, 0.25) is 0 Å². The summed E-state index contributed by atoms with van der Waals surface area (Å²) in [6.45, 7) is 2.16. The number of carbonyl (C=O) groups excluding carboxylic acids is 1. The largest absolute Gasteiger partial charge is 0.462 e. The van der Waals surface area contributed by atoms with Crippen LogP contribution in [0.5, 0.6) is 0 Å². The number of hydrogen-bond acceptors (Lipinski definition) is 3. The van der Waals surface area contributed by atoms with Crippen molar-refractivity contribution in [3.8, 4) is 0 Å². The van der Waals surface area contributed by atoms with E-state index in [1.807, 2.05) is 28.7 Å². The summed E-state index contributed by atoms with van der Waals surface area (Å²) in [4.78, 5) is 16.1. The zero-order valence-corrected chi connectivity index (χ0v) is 11.8. The number of halogens is 1. The van der Waals surface area contributed by atoms with Crippen molar-refractivity contribution in [1.29, 1.82) is 0 Å². The van der Waals surface area contributed by atoms with E-state index in [2.05, 4.69) is 20.9 Å². The fourth-order valence-corrected chi connectivity index (χ4v) is 2.43. The molecule has 3 aromatic rings. The fourth-order valence-electron chi connectivity index (χ4n) is 2.07. The summed E-state index contributed by atoms with van der Waals surface area (Å²) in [6.07, 6.45) is 3.44. The second-order valence-electron chi connectivity index (χ2n) is 4.15. The molecule has 0 radical (unpaired) electrons. The standard InChI is InChI=1S/C14H11BrN2O2/c1-2-19-14(18)9-5-13-11-6-10(15)3-4-12(11)16-8-17(13)7-9/h3-8H,2H2,1H3. The molecule has 1 aromatic carbocycles. The van der Waals surface area contributed by atoms with Crippen LogP contribution in [-0.2, 0) is 4.74 Å². The molecule has 0 spiro atoms. The molecular weight excluding hydrogens is 308 g/mol. The van der Waals surface area contributed by atoms with Gasteiger partial charge >= 0.3 is 5.97 Å². The number of fused-ring (bicyclic) bond motifs is 3. The van der Waals surface area contributed by atoms with Crippen LogP contribution in [-0.4, -0.2) is 22.0 Å². The van der Waals surface area contributed by atoms with Crippen molar-refractivity contribution in [2.24, 2.45) is 0 Å². The molecule has 19 heavy (non-hydrogen) atoms. The Morgan fingerprint density at radius 1 is 1.42 bits per heavy atom. The lowest BCUT2D eigenvalue weighted by molar-refractivity contribution is 0.0526. The number of aromatic nitrogens is 2. The first-order valence-corrected chi connectivity index (χ1v) is 6.71. The molecule has 2 heterocycles. The highest BCUT2D eigenvalue weighted by Crippen LogP contribution is 2.24. The Bertz CT molecular complexity index is 780. The molecule has 3 rings (SSSR count). The molecule has 0 aliphatic heterocycles. The van der Waals surface area contributed by atoms with E-state index in [9.17, 15) is 4.79 Å². The van der Waals surface area contributed by atoms with E-state index >= 15 is 0 Å². The third-order valence-corrected chi connectivity index (χ3v) is 3.41. The maximum atomic E-state index is 11.8. The molecule has 0 atom stereocenters. The SMILES string of the molecule is CCOC(=O)c1cc2c3cc(Br)ccc3ncn2c1. The van der Waals surface area contributed by atoms with Gasteiger partial charge in [0.05, 0.1) is 29.5 Å². The van der Waals surface area contributed by atoms with Crippen molar-refractivity contribution in [3.63, 3.8) is 0 Å². The minimum atomic E-state index is -0.311. The van der Waals surface area contributed by atoms with Gasteiger partial charge in [-0.15, -0.1) is 0 Å². The lowest BCUT2D eigenvalue weighted by atomic mass is 10.2. The molecule has 0 saturated heterocycles. The third kappa shape index (κ3) is 2.10. The highest BCUT2D eigenvalue weighted by Gasteiger charge is 2.11. The minimum Gasteiger partial charge on any atom is -0.462 e. The summed E-state index contributed by atoms with van der Waals surface area (Å²) in [5.41, 5.74) is 2.37. The summed E-state index contributed by atoms with van der Waals surface area (Å²) in [6, 6.07) is 7.71. The van der Waals surface area contributed by atoms with E-state index in [0.29, 0.717) is 12.2 Å². The topological polar surface area (TPSA) is 43.6 Å². The van der Waals surface area contributed by atoms with E-state index in [1.165, 1.54) is 0 Å². The number of rotatable bonds is 2. The molecule has 0 saturated carbocycles. The van der Waals surface area contributed by atoms with E-state index in [1.54, 1.807) is 19.4 Å². The van der Waals surface area contributed by atoms with E-state index in [4.69, 9.17) is 4.74 Å². The maximum absolute atomic E-state index is 11.8. The molecule has 0 aliphatic rings. The molecule has 2 aromatic heterocycles. The van der Waals surface area contributed by atoms with Gasteiger partial charge in [0, 0.05) is 16.1 Å². The maximum Gasteiger partial charge on any atom is 0.339 e. The Balaban J connectivity index is 2.24. The van der Waals surface area contributed by atoms with E-state index in [0.717, 1.165) is 20.9 Å². The lowest BCUT2D eigenvalue weighted by Crippen LogP contribution is -2.02. The molecule has 96 valence electrons. The van der Waals surface area contributed by atoms with E-state index in [-0.39, 0.29) is 5.97 Å². The molecule has 0 amide bonds. The van der Waals surface area contributed by atoms with Gasteiger partial charge in [-0.2, -0.15) is 0 Å². The number of esters is 1. The molecule has 5 heteroatoms. The van der Waals surface area contributed by atoms with Gasteiger partial charge in [0.25, 0.3) is 0 Å². The van der Waals surface area contributed by atoms with Crippen molar-refractivity contribution >= 4 is 38.3 Å². The number of nitrogens with zero attached hydrogens (tertiary/aromatic N) is 2. The molecule has 0 fully saturated rings. The summed E-state index contributed by atoms with van der Waals surface area (Å²) in [5.74, 6) is -0.311. The molecule has 0 N–H and O–H groups in total. The minimum absolute atomic E-state index is 0.311. The zero-order valence-electron chi connectivity index (χ0n) is 10.3. The van der Waals surface area contributed by atoms with Crippen LogP contribution in [0.1, 0.15) is 17.3 Å². The molecule has 4 nitrogen and oxygen atoms in total. The van der Waals surface area contributed by atoms with Crippen LogP contribution in [0.15, 0.2) is 41.3 Å². The fraction of sp³-hybridized carbons (Fsp3) is 0.143. The van der Waals surface area contributed by atoms with Crippen molar-refractivity contribution in [2.45, 2.75) is 6.92 Å². The monoisotopic (exact) mass is 318 g/mol. The zero-order chi connectivity index (χ0) is 13.4. The first-order chi connectivity index (χ1) is 9.19. The van der Waals surface area contributed by atoms with Gasteiger partial charge in [-0.1, -0.05) is 15.9 Å². The summed E-state index contributed by atoms with van der Waals surface area (Å²) in [5, 5.41) is 0.993. The van der Waals surface area contributed by atoms with Gasteiger partial charge in [-0.25, -0.2) is 9.78 Å². The summed E-state index contributed by atoms with van der Waals surface area (Å²) < 4.78 is 7.83. The van der Waals surface area contributed by atoms with Gasteiger partial charge < -0.3 is 9.14 Å². The second-order valence-corrected chi connectivity index (χ2v) is 5.06. The second kappa shape index (κ2) is 4.66. The van der Waals surface area contributed by atoms with Crippen LogP contribution in [0.25, 0.3) is 16.4 Å². The van der Waals surface area contributed by atoms with Gasteiger partial charge in [0.1, 0.15) is 0 Å². The van der Waals surface area contributed by atoms with Gasteiger partial charge in [0.2, 0.25) is 0 Å². The average molecular weight is 319 g/mol. The van der Waals surface area contributed by atoms with Crippen LogP contribution in [0, 0.1) is 0 Å². The van der Waals surface area contributed by atoms with Gasteiger partial charge in [0.15, 0.2) is 0 Å². The Hall–Kier alpha value is -1.88. The van der Waals surface area contributed by atoms with Crippen molar-refractivity contribution in [1.82, 2.24) is 9.38 Å². The van der Waals surface area contributed by atoms with Gasteiger partial charge in [-0.3, -0.25) is 0 Å². The first kappa shape index (κ1) is 12.2. The predicted molar refractivity (Wildman–Crippen MR) is 76.4 cm³/mol. The highest BCUT2D eigenvalue weighted by molar-refractivity contribution is 9.10. The normalized spacial score (nSPS) is 11.1. The number of ether oxygens (including phenoxy) is 1. The van der Waals surface area contributed by atoms with Crippen LogP contribution >= 0.6 is 15.9 Å². The molecule has 0 unspecified atom stereocenters.